The predicted molar refractivity (Wildman–Crippen MR) is 60.7 cm³/mol. The molecule has 0 fully saturated rings. The van der Waals surface area contributed by atoms with Crippen LogP contribution in [0.5, 0.6) is 0 Å². The second-order valence-corrected chi connectivity index (χ2v) is 4.95. The quantitative estimate of drug-likeness (QED) is 0.717. The zero-order valence-corrected chi connectivity index (χ0v) is 9.42. The van der Waals surface area contributed by atoms with E-state index >= 15 is 0 Å². The summed E-state index contributed by atoms with van der Waals surface area (Å²) in [7, 11) is -3.66. The van der Waals surface area contributed by atoms with E-state index < -0.39 is 10.1 Å². The van der Waals surface area contributed by atoms with Gasteiger partial charge in [0.05, 0.1) is 5.75 Å². The highest BCUT2D eigenvalue weighted by molar-refractivity contribution is 7.85. The average molecular weight is 229 g/mol. The van der Waals surface area contributed by atoms with E-state index in [1.807, 2.05) is 0 Å². The van der Waals surface area contributed by atoms with Gasteiger partial charge in [-0.2, -0.15) is 8.42 Å². The van der Waals surface area contributed by atoms with Crippen LogP contribution in [0.4, 0.5) is 5.69 Å². The molecule has 0 saturated carbocycles. The van der Waals surface area contributed by atoms with E-state index in [9.17, 15) is 8.42 Å². The molecule has 2 rings (SSSR count). The summed E-state index contributed by atoms with van der Waals surface area (Å²) >= 11 is 0. The van der Waals surface area contributed by atoms with Gasteiger partial charge in [0.25, 0.3) is 10.1 Å². The highest BCUT2D eigenvalue weighted by Gasteiger charge is 2.05. The van der Waals surface area contributed by atoms with Crippen LogP contribution in [-0.2, 0) is 16.5 Å². The maximum atomic E-state index is 9.56. The molecule has 0 bridgehead atoms. The van der Waals surface area contributed by atoms with Gasteiger partial charge in [0.2, 0.25) is 0 Å². The Kier molecular flexibility index (Phi) is 4.11. The van der Waals surface area contributed by atoms with Crippen molar-refractivity contribution >= 4 is 15.8 Å². The first-order valence-corrected chi connectivity index (χ1v) is 6.41. The van der Waals surface area contributed by atoms with Gasteiger partial charge in [0.1, 0.15) is 0 Å². The van der Waals surface area contributed by atoms with Gasteiger partial charge in [-0.25, -0.2) is 0 Å². The Morgan fingerprint density at radius 3 is 2.53 bits per heavy atom. The molecule has 1 aromatic rings. The molecule has 0 aliphatic carbocycles. The summed E-state index contributed by atoms with van der Waals surface area (Å²) in [4.78, 5) is 0. The Balaban J connectivity index is 0.000000167. The van der Waals surface area contributed by atoms with Gasteiger partial charge in [0.15, 0.2) is 0 Å². The third-order valence-electron chi connectivity index (χ3n) is 2.09. The summed E-state index contributed by atoms with van der Waals surface area (Å²) in [5.74, 6) is -0.201. The first-order valence-electron chi connectivity index (χ1n) is 4.80. The first kappa shape index (κ1) is 12.0. The summed E-state index contributed by atoms with van der Waals surface area (Å²) in [6, 6.07) is 8.46. The molecule has 1 aliphatic rings. The van der Waals surface area contributed by atoms with Gasteiger partial charge in [0, 0.05) is 12.2 Å². The Hall–Kier alpha value is -1.07. The number of rotatable bonds is 1. The summed E-state index contributed by atoms with van der Waals surface area (Å²) in [6.45, 7) is 2.48. The third-order valence-corrected chi connectivity index (χ3v) is 2.82. The van der Waals surface area contributed by atoms with E-state index in [4.69, 9.17) is 4.55 Å². The van der Waals surface area contributed by atoms with E-state index in [0.29, 0.717) is 0 Å². The van der Waals surface area contributed by atoms with Crippen molar-refractivity contribution in [3.05, 3.63) is 29.8 Å². The highest BCUT2D eigenvalue weighted by Crippen LogP contribution is 2.19. The molecule has 0 unspecified atom stereocenters. The van der Waals surface area contributed by atoms with E-state index in [1.165, 1.54) is 24.6 Å². The molecule has 1 heterocycles. The topological polar surface area (TPSA) is 66.4 Å². The summed E-state index contributed by atoms with van der Waals surface area (Å²) in [6.07, 6.45) is 1.19. The maximum Gasteiger partial charge on any atom is 0.264 e. The second-order valence-electron chi connectivity index (χ2n) is 3.20. The minimum atomic E-state index is -3.66. The van der Waals surface area contributed by atoms with Crippen molar-refractivity contribution in [3.8, 4) is 0 Å². The van der Waals surface area contributed by atoms with Crippen molar-refractivity contribution in [1.82, 2.24) is 0 Å². The molecule has 1 aromatic carbocycles. The summed E-state index contributed by atoms with van der Waals surface area (Å²) in [5, 5.41) is 3.30. The Labute approximate surface area is 90.1 Å². The van der Waals surface area contributed by atoms with Gasteiger partial charge < -0.3 is 5.32 Å². The Morgan fingerprint density at radius 1 is 1.40 bits per heavy atom. The van der Waals surface area contributed by atoms with Crippen LogP contribution >= 0.6 is 0 Å². The van der Waals surface area contributed by atoms with Crippen molar-refractivity contribution in [2.75, 3.05) is 17.6 Å². The molecule has 15 heavy (non-hydrogen) atoms. The zero-order valence-electron chi connectivity index (χ0n) is 8.60. The molecular formula is C10H15NO3S. The van der Waals surface area contributed by atoms with Crippen molar-refractivity contribution in [2.45, 2.75) is 13.3 Å². The third kappa shape index (κ3) is 4.31. The fraction of sp³-hybridized carbons (Fsp3) is 0.400. The van der Waals surface area contributed by atoms with Gasteiger partial charge in [-0.05, 0) is 25.0 Å². The van der Waals surface area contributed by atoms with E-state index in [2.05, 4.69) is 29.6 Å². The summed E-state index contributed by atoms with van der Waals surface area (Å²) in [5.41, 5.74) is 2.77. The van der Waals surface area contributed by atoms with Crippen molar-refractivity contribution in [1.29, 1.82) is 0 Å². The Bertz CT molecular complexity index is 391. The van der Waals surface area contributed by atoms with Crippen molar-refractivity contribution < 1.29 is 13.0 Å². The molecule has 0 atom stereocenters. The summed E-state index contributed by atoms with van der Waals surface area (Å²) < 4.78 is 26.9. The van der Waals surface area contributed by atoms with Crippen LogP contribution in [0.1, 0.15) is 12.5 Å². The largest absolute Gasteiger partial charge is 0.384 e. The fourth-order valence-electron chi connectivity index (χ4n) is 1.24. The van der Waals surface area contributed by atoms with Crippen molar-refractivity contribution in [2.24, 2.45) is 0 Å². The number of hydrogen-bond acceptors (Lipinski definition) is 3. The lowest BCUT2D eigenvalue weighted by molar-refractivity contribution is 0.484. The van der Waals surface area contributed by atoms with Crippen LogP contribution in [0.15, 0.2) is 24.3 Å². The number of nitrogens with one attached hydrogen (secondary N) is 1. The van der Waals surface area contributed by atoms with Gasteiger partial charge in [-0.15, -0.1) is 0 Å². The van der Waals surface area contributed by atoms with Gasteiger partial charge >= 0.3 is 0 Å². The molecule has 0 spiro atoms. The lowest BCUT2D eigenvalue weighted by Crippen LogP contribution is -1.97. The number of benzene rings is 1. The van der Waals surface area contributed by atoms with E-state index in [1.54, 1.807) is 0 Å². The number of anilines is 1. The van der Waals surface area contributed by atoms with E-state index in [-0.39, 0.29) is 5.75 Å². The molecule has 1 aliphatic heterocycles. The molecule has 84 valence electrons. The molecule has 0 aromatic heterocycles. The average Bonchev–Trinajstić information content (AvgIpc) is 2.65. The normalized spacial score (nSPS) is 13.5. The van der Waals surface area contributed by atoms with E-state index in [0.717, 1.165) is 6.54 Å². The smallest absolute Gasteiger partial charge is 0.264 e. The molecule has 0 radical (unpaired) electrons. The number of hydrogen-bond donors (Lipinski definition) is 2. The predicted octanol–water partition coefficient (Wildman–Crippen LogP) is 1.55. The lowest BCUT2D eigenvalue weighted by Gasteiger charge is -1.94. The zero-order chi connectivity index (χ0) is 11.3. The molecular weight excluding hydrogens is 214 g/mol. The SMILES string of the molecule is CCS(=O)(=O)O.c1ccc2c(c1)CCN2. The molecule has 5 heteroatoms. The monoisotopic (exact) mass is 229 g/mol. The molecule has 4 nitrogen and oxygen atoms in total. The minimum Gasteiger partial charge on any atom is -0.384 e. The molecule has 0 amide bonds. The van der Waals surface area contributed by atoms with Crippen LogP contribution < -0.4 is 5.32 Å². The minimum absolute atomic E-state index is 0.201. The molecule has 0 saturated heterocycles. The van der Waals surface area contributed by atoms with Crippen LogP contribution in [0.25, 0.3) is 0 Å². The first-order chi connectivity index (χ1) is 7.03. The fourth-order valence-corrected chi connectivity index (χ4v) is 1.24. The maximum absolute atomic E-state index is 9.56. The van der Waals surface area contributed by atoms with Crippen molar-refractivity contribution in [3.63, 3.8) is 0 Å². The second kappa shape index (κ2) is 5.14. The van der Waals surface area contributed by atoms with Crippen LogP contribution in [0, 0.1) is 0 Å². The van der Waals surface area contributed by atoms with Crippen LogP contribution in [0.3, 0.4) is 0 Å². The van der Waals surface area contributed by atoms with Crippen LogP contribution in [0.2, 0.25) is 0 Å². The number of para-hydroxylation sites is 1. The Morgan fingerprint density at radius 2 is 2.00 bits per heavy atom. The van der Waals surface area contributed by atoms with Gasteiger partial charge in [-0.1, -0.05) is 18.2 Å². The standard InChI is InChI=1S/C8H9N.C2H6O3S/c1-2-4-8-7(3-1)5-6-9-8;1-2-6(3,4)5/h1-4,9H,5-6H2;2H2,1H3,(H,3,4,5). The van der Waals surface area contributed by atoms with Crippen LogP contribution in [-0.4, -0.2) is 25.3 Å². The molecule has 2 N–H and O–H groups in total. The lowest BCUT2D eigenvalue weighted by atomic mass is 10.2. The van der Waals surface area contributed by atoms with Gasteiger partial charge in [-0.3, -0.25) is 4.55 Å². The highest BCUT2D eigenvalue weighted by atomic mass is 32.2. The number of fused-ring (bicyclic) bond motifs is 1.